The van der Waals surface area contributed by atoms with Crippen molar-refractivity contribution in [2.75, 3.05) is 0 Å². The molecule has 0 saturated heterocycles. The third-order valence-corrected chi connectivity index (χ3v) is 2.78. The fourth-order valence-electron chi connectivity index (χ4n) is 1.75. The van der Waals surface area contributed by atoms with Crippen molar-refractivity contribution in [3.63, 3.8) is 0 Å². The van der Waals surface area contributed by atoms with E-state index in [2.05, 4.69) is 32.1 Å². The van der Waals surface area contributed by atoms with Crippen LogP contribution in [0, 0.1) is 6.08 Å². The van der Waals surface area contributed by atoms with Gasteiger partial charge in [-0.15, -0.1) is 0 Å². The molecule has 93 valence electrons. The molecule has 0 aliphatic rings. The lowest BCUT2D eigenvalue weighted by molar-refractivity contribution is 0.577. The SMILES string of the molecule is CC/[C]=C\C=C\CCCCCCCCCC. The van der Waals surface area contributed by atoms with Gasteiger partial charge in [-0.3, -0.25) is 0 Å². The Labute approximate surface area is 103 Å². The highest BCUT2D eigenvalue weighted by Crippen LogP contribution is 2.09. The van der Waals surface area contributed by atoms with E-state index in [0.29, 0.717) is 0 Å². The van der Waals surface area contributed by atoms with Crippen LogP contribution in [0.1, 0.15) is 78.1 Å². The third kappa shape index (κ3) is 13.5. The summed E-state index contributed by atoms with van der Waals surface area (Å²) < 4.78 is 0. The zero-order valence-corrected chi connectivity index (χ0v) is 11.3. The molecule has 0 bridgehead atoms. The first-order valence-electron chi connectivity index (χ1n) is 7.13. The van der Waals surface area contributed by atoms with Gasteiger partial charge in [0.15, 0.2) is 0 Å². The van der Waals surface area contributed by atoms with Gasteiger partial charge in [0.1, 0.15) is 0 Å². The largest absolute Gasteiger partial charge is 0.0845 e. The standard InChI is InChI=1S/C16H29/c1-3-5-7-9-11-13-15-16-14-12-10-8-6-4-2/h8,10,12H,3-5,7,9,11,13-16H2,1-2H3/b8-6?,12-10+. The second-order valence-corrected chi connectivity index (χ2v) is 4.42. The van der Waals surface area contributed by atoms with Crippen LogP contribution >= 0.6 is 0 Å². The van der Waals surface area contributed by atoms with E-state index >= 15 is 0 Å². The predicted octanol–water partition coefficient (Wildman–Crippen LogP) is 5.84. The van der Waals surface area contributed by atoms with Crippen LogP contribution in [-0.2, 0) is 0 Å². The minimum absolute atomic E-state index is 1.02. The molecule has 0 aromatic heterocycles. The molecule has 0 aromatic carbocycles. The Bertz CT molecular complexity index is 165. The van der Waals surface area contributed by atoms with Crippen LogP contribution in [0.15, 0.2) is 18.2 Å². The molecular formula is C16H29. The summed E-state index contributed by atoms with van der Waals surface area (Å²) in [5.41, 5.74) is 0. The number of hydrogen-bond acceptors (Lipinski definition) is 0. The van der Waals surface area contributed by atoms with E-state index in [0.717, 1.165) is 6.42 Å². The predicted molar refractivity (Wildman–Crippen MR) is 74.5 cm³/mol. The summed E-state index contributed by atoms with van der Waals surface area (Å²) in [6, 6.07) is 0. The Morgan fingerprint density at radius 3 is 2.06 bits per heavy atom. The third-order valence-electron chi connectivity index (χ3n) is 2.78. The first-order chi connectivity index (χ1) is 7.91. The van der Waals surface area contributed by atoms with Gasteiger partial charge in [-0.1, -0.05) is 77.0 Å². The molecule has 0 unspecified atom stereocenters. The number of rotatable bonds is 11. The van der Waals surface area contributed by atoms with Gasteiger partial charge >= 0.3 is 0 Å². The molecule has 0 N–H and O–H groups in total. The van der Waals surface area contributed by atoms with Crippen LogP contribution in [0.5, 0.6) is 0 Å². The average molecular weight is 221 g/mol. The van der Waals surface area contributed by atoms with Crippen molar-refractivity contribution in [3.05, 3.63) is 24.3 Å². The molecule has 1 radical (unpaired) electrons. The Kier molecular flexibility index (Phi) is 14.0. The number of allylic oxidation sites excluding steroid dienone is 4. The molecule has 0 fully saturated rings. The fraction of sp³-hybridized carbons (Fsp3) is 0.750. The highest BCUT2D eigenvalue weighted by molar-refractivity contribution is 4.98. The number of unbranched alkanes of at least 4 members (excludes halogenated alkanes) is 8. The molecule has 0 heteroatoms. The lowest BCUT2D eigenvalue weighted by Crippen LogP contribution is -1.79. The lowest BCUT2D eigenvalue weighted by Gasteiger charge is -1.99. The average Bonchev–Trinajstić information content (AvgIpc) is 2.31. The van der Waals surface area contributed by atoms with Gasteiger partial charge < -0.3 is 0 Å². The molecule has 0 nitrogen and oxygen atoms in total. The Hall–Kier alpha value is -0.520. The summed E-state index contributed by atoms with van der Waals surface area (Å²) in [6.07, 6.45) is 23.1. The molecule has 0 amide bonds. The van der Waals surface area contributed by atoms with Gasteiger partial charge in [-0.05, 0) is 25.3 Å². The van der Waals surface area contributed by atoms with Crippen molar-refractivity contribution >= 4 is 0 Å². The van der Waals surface area contributed by atoms with E-state index in [4.69, 9.17) is 0 Å². The fourth-order valence-corrected chi connectivity index (χ4v) is 1.75. The van der Waals surface area contributed by atoms with Crippen molar-refractivity contribution in [3.8, 4) is 0 Å². The van der Waals surface area contributed by atoms with E-state index in [1.165, 1.54) is 57.8 Å². The molecule has 0 heterocycles. The molecule has 0 aromatic rings. The van der Waals surface area contributed by atoms with Crippen LogP contribution in [0.4, 0.5) is 0 Å². The van der Waals surface area contributed by atoms with Gasteiger partial charge in [0.2, 0.25) is 0 Å². The van der Waals surface area contributed by atoms with E-state index in [9.17, 15) is 0 Å². The van der Waals surface area contributed by atoms with E-state index < -0.39 is 0 Å². The van der Waals surface area contributed by atoms with E-state index in [1.807, 2.05) is 6.08 Å². The molecule has 16 heavy (non-hydrogen) atoms. The minimum atomic E-state index is 1.02. The van der Waals surface area contributed by atoms with Crippen molar-refractivity contribution in [2.24, 2.45) is 0 Å². The zero-order chi connectivity index (χ0) is 11.9. The second kappa shape index (κ2) is 14.5. The summed E-state index contributed by atoms with van der Waals surface area (Å²) in [6.45, 7) is 4.39. The van der Waals surface area contributed by atoms with Crippen LogP contribution in [0.2, 0.25) is 0 Å². The molecule has 0 saturated carbocycles. The van der Waals surface area contributed by atoms with Crippen molar-refractivity contribution in [1.29, 1.82) is 0 Å². The topological polar surface area (TPSA) is 0 Å². The minimum Gasteiger partial charge on any atom is -0.0845 e. The van der Waals surface area contributed by atoms with Crippen LogP contribution < -0.4 is 0 Å². The van der Waals surface area contributed by atoms with Crippen molar-refractivity contribution in [2.45, 2.75) is 78.1 Å². The summed E-state index contributed by atoms with van der Waals surface area (Å²) in [5.74, 6) is 0. The Morgan fingerprint density at radius 2 is 1.44 bits per heavy atom. The van der Waals surface area contributed by atoms with E-state index in [1.54, 1.807) is 0 Å². The normalized spacial score (nSPS) is 11.9. The number of hydrogen-bond donors (Lipinski definition) is 0. The molecule has 0 aliphatic carbocycles. The first kappa shape index (κ1) is 15.5. The van der Waals surface area contributed by atoms with Gasteiger partial charge in [0.25, 0.3) is 0 Å². The monoisotopic (exact) mass is 221 g/mol. The maximum atomic E-state index is 3.17. The maximum Gasteiger partial charge on any atom is -0.0305 e. The molecule has 0 aliphatic heterocycles. The van der Waals surface area contributed by atoms with E-state index in [-0.39, 0.29) is 0 Å². The van der Waals surface area contributed by atoms with Crippen molar-refractivity contribution in [1.82, 2.24) is 0 Å². The van der Waals surface area contributed by atoms with Gasteiger partial charge in [0, 0.05) is 0 Å². The maximum absolute atomic E-state index is 3.17. The van der Waals surface area contributed by atoms with Gasteiger partial charge in [-0.25, -0.2) is 0 Å². The van der Waals surface area contributed by atoms with Crippen LogP contribution in [-0.4, -0.2) is 0 Å². The second-order valence-electron chi connectivity index (χ2n) is 4.42. The summed E-state index contributed by atoms with van der Waals surface area (Å²) >= 11 is 0. The summed E-state index contributed by atoms with van der Waals surface area (Å²) in [7, 11) is 0. The zero-order valence-electron chi connectivity index (χ0n) is 11.3. The van der Waals surface area contributed by atoms with Gasteiger partial charge in [-0.2, -0.15) is 0 Å². The summed E-state index contributed by atoms with van der Waals surface area (Å²) in [5, 5.41) is 0. The highest BCUT2D eigenvalue weighted by Gasteiger charge is 1.89. The Morgan fingerprint density at radius 1 is 0.812 bits per heavy atom. The first-order valence-corrected chi connectivity index (χ1v) is 7.13. The lowest BCUT2D eigenvalue weighted by atomic mass is 10.1. The van der Waals surface area contributed by atoms with Gasteiger partial charge in [0.05, 0.1) is 0 Å². The highest BCUT2D eigenvalue weighted by atomic mass is 14.0. The molecule has 0 rings (SSSR count). The van der Waals surface area contributed by atoms with Crippen molar-refractivity contribution < 1.29 is 0 Å². The summed E-state index contributed by atoms with van der Waals surface area (Å²) in [4.78, 5) is 0. The Balaban J connectivity index is 3.03. The molecule has 0 spiro atoms. The molecule has 0 atom stereocenters. The quantitative estimate of drug-likeness (QED) is 0.303. The smallest absolute Gasteiger partial charge is 0.0305 e. The molecular weight excluding hydrogens is 192 g/mol. The van der Waals surface area contributed by atoms with Crippen LogP contribution in [0.25, 0.3) is 0 Å². The van der Waals surface area contributed by atoms with Crippen LogP contribution in [0.3, 0.4) is 0 Å².